The number of carboxylic acids is 1. The van der Waals surface area contributed by atoms with Crippen molar-refractivity contribution in [1.82, 2.24) is 4.57 Å². The number of aromatic hydroxyl groups is 1. The predicted molar refractivity (Wildman–Crippen MR) is 89.4 cm³/mol. The molecule has 3 heterocycles. The topological polar surface area (TPSA) is 88.8 Å². The quantitative estimate of drug-likeness (QED) is 0.877. The van der Waals surface area contributed by atoms with Gasteiger partial charge in [-0.3, -0.25) is 4.79 Å². The van der Waals surface area contributed by atoms with E-state index >= 15 is 0 Å². The zero-order chi connectivity index (χ0) is 17.3. The maximum Gasteiger partial charge on any atom is 0.341 e. The van der Waals surface area contributed by atoms with Crippen molar-refractivity contribution in [3.8, 4) is 22.8 Å². The van der Waals surface area contributed by atoms with Crippen molar-refractivity contribution < 1.29 is 19.7 Å². The predicted octanol–water partition coefficient (Wildman–Crippen LogP) is 2.36. The number of hydrogen-bond donors (Lipinski definition) is 2. The number of phenolic OH excluding ortho intramolecular Hbond substituents is 1. The van der Waals surface area contributed by atoms with Gasteiger partial charge in [-0.1, -0.05) is 0 Å². The van der Waals surface area contributed by atoms with E-state index < -0.39 is 11.4 Å². The fourth-order valence-corrected chi connectivity index (χ4v) is 4.28. The second-order valence-corrected chi connectivity index (χ2v) is 7.09. The van der Waals surface area contributed by atoms with E-state index in [0.29, 0.717) is 24.7 Å². The average Bonchev–Trinajstić information content (AvgIpc) is 3.29. The molecule has 2 N–H and O–H groups in total. The van der Waals surface area contributed by atoms with Gasteiger partial charge < -0.3 is 19.5 Å². The molecule has 1 saturated carbocycles. The molecule has 1 aromatic heterocycles. The van der Waals surface area contributed by atoms with Crippen molar-refractivity contribution in [1.29, 1.82) is 0 Å². The van der Waals surface area contributed by atoms with Gasteiger partial charge in [0.05, 0.1) is 12.3 Å². The number of ether oxygens (including phenoxy) is 1. The van der Waals surface area contributed by atoms with Crippen molar-refractivity contribution in [2.45, 2.75) is 31.7 Å². The van der Waals surface area contributed by atoms with E-state index in [0.717, 1.165) is 41.6 Å². The maximum absolute atomic E-state index is 12.3. The van der Waals surface area contributed by atoms with E-state index in [1.807, 2.05) is 4.57 Å². The highest BCUT2D eigenvalue weighted by atomic mass is 16.5. The minimum absolute atomic E-state index is 0.126. The average molecular weight is 339 g/mol. The third-order valence-corrected chi connectivity index (χ3v) is 5.56. The first kappa shape index (κ1) is 14.6. The van der Waals surface area contributed by atoms with Crippen LogP contribution in [0.4, 0.5) is 0 Å². The van der Waals surface area contributed by atoms with Crippen LogP contribution in [-0.4, -0.2) is 27.4 Å². The largest absolute Gasteiger partial charge is 0.504 e. The van der Waals surface area contributed by atoms with Crippen LogP contribution in [0.3, 0.4) is 0 Å². The molecule has 0 amide bonds. The number of phenols is 1. The molecule has 0 spiro atoms. The molecule has 1 unspecified atom stereocenters. The molecule has 0 radical (unpaired) electrons. The molecule has 1 atom stereocenters. The summed E-state index contributed by atoms with van der Waals surface area (Å²) in [4.78, 5) is 23.7. The van der Waals surface area contributed by atoms with Gasteiger partial charge in [0.25, 0.3) is 0 Å². The number of nitrogens with zero attached hydrogens (tertiary/aromatic N) is 1. The molecule has 2 aromatic rings. The van der Waals surface area contributed by atoms with Gasteiger partial charge in [-0.15, -0.1) is 0 Å². The lowest BCUT2D eigenvalue weighted by molar-refractivity contribution is 0.0694. The zero-order valence-corrected chi connectivity index (χ0v) is 13.5. The highest BCUT2D eigenvalue weighted by Gasteiger charge is 2.39. The summed E-state index contributed by atoms with van der Waals surface area (Å²) in [7, 11) is 0. The summed E-state index contributed by atoms with van der Waals surface area (Å²) in [5.74, 6) is -0.0636. The normalized spacial score (nSPS) is 20.4. The van der Waals surface area contributed by atoms with Crippen LogP contribution in [0.2, 0.25) is 0 Å². The molecule has 1 aromatic carbocycles. The van der Waals surface area contributed by atoms with Gasteiger partial charge in [0.2, 0.25) is 0 Å². The Kier molecular flexibility index (Phi) is 2.84. The molecule has 25 heavy (non-hydrogen) atoms. The smallest absolute Gasteiger partial charge is 0.341 e. The molecule has 0 bridgehead atoms. The van der Waals surface area contributed by atoms with Crippen LogP contribution in [0.5, 0.6) is 11.5 Å². The third-order valence-electron chi connectivity index (χ3n) is 5.56. The molecule has 3 aliphatic rings. The summed E-state index contributed by atoms with van der Waals surface area (Å²) in [6.07, 6.45) is 5.12. The summed E-state index contributed by atoms with van der Waals surface area (Å²) in [5.41, 5.74) is 2.93. The number of aromatic nitrogens is 1. The van der Waals surface area contributed by atoms with E-state index in [1.54, 1.807) is 6.07 Å². The molecular formula is C19H17NO5. The first-order valence-electron chi connectivity index (χ1n) is 8.55. The standard InChI is InChI=1S/C19H17NO5/c21-15-7-14-17-10(6-16(22)18-11(17)3-4-25-18)5-13(9-1-2-9)20(14)8-12(15)19(23)24/h6-9,13,22H,1-5H2,(H,23,24). The molecule has 5 rings (SSSR count). The summed E-state index contributed by atoms with van der Waals surface area (Å²) in [5, 5.41) is 19.6. The van der Waals surface area contributed by atoms with Crippen LogP contribution in [0.25, 0.3) is 11.3 Å². The third kappa shape index (κ3) is 2.03. The van der Waals surface area contributed by atoms with Crippen LogP contribution in [0.15, 0.2) is 23.1 Å². The molecule has 1 fully saturated rings. The van der Waals surface area contributed by atoms with Gasteiger partial charge in [0.1, 0.15) is 5.56 Å². The number of carboxylic acid groups (broad SMARTS) is 1. The van der Waals surface area contributed by atoms with Gasteiger partial charge >= 0.3 is 5.97 Å². The number of carbonyl (C=O) groups is 1. The second kappa shape index (κ2) is 4.88. The Labute approximate surface area is 143 Å². The van der Waals surface area contributed by atoms with Gasteiger partial charge in [-0.05, 0) is 36.8 Å². The van der Waals surface area contributed by atoms with E-state index in [1.165, 1.54) is 12.3 Å². The number of hydrogen-bond acceptors (Lipinski definition) is 4. The molecular weight excluding hydrogens is 322 g/mol. The first-order chi connectivity index (χ1) is 12.0. The fourth-order valence-electron chi connectivity index (χ4n) is 4.28. The SMILES string of the molecule is O=C(O)c1cn2c(cc1=O)-c1c(cc(O)c3c1CCO3)CC2C1CC1. The van der Waals surface area contributed by atoms with Crippen LogP contribution in [0.1, 0.15) is 40.4 Å². The molecule has 0 saturated heterocycles. The van der Waals surface area contributed by atoms with E-state index in [9.17, 15) is 19.8 Å². The first-order valence-corrected chi connectivity index (χ1v) is 8.55. The summed E-state index contributed by atoms with van der Waals surface area (Å²) < 4.78 is 7.53. The minimum Gasteiger partial charge on any atom is -0.504 e. The Hall–Kier alpha value is -2.76. The Balaban J connectivity index is 1.82. The Bertz CT molecular complexity index is 986. The van der Waals surface area contributed by atoms with Crippen LogP contribution >= 0.6 is 0 Å². The highest BCUT2D eigenvalue weighted by molar-refractivity contribution is 5.88. The number of fused-ring (bicyclic) bond motifs is 5. The number of benzene rings is 1. The van der Waals surface area contributed by atoms with E-state index in [-0.39, 0.29) is 17.4 Å². The Morgan fingerprint density at radius 3 is 2.80 bits per heavy atom. The van der Waals surface area contributed by atoms with E-state index in [2.05, 4.69) is 0 Å². The summed E-state index contributed by atoms with van der Waals surface area (Å²) >= 11 is 0. The lowest BCUT2D eigenvalue weighted by Crippen LogP contribution is -2.27. The van der Waals surface area contributed by atoms with E-state index in [4.69, 9.17) is 4.74 Å². The van der Waals surface area contributed by atoms with Crippen LogP contribution in [-0.2, 0) is 12.8 Å². The second-order valence-electron chi connectivity index (χ2n) is 7.09. The number of pyridine rings is 1. The van der Waals surface area contributed by atoms with Gasteiger partial charge in [0, 0.05) is 35.9 Å². The lowest BCUT2D eigenvalue weighted by atomic mass is 9.86. The monoisotopic (exact) mass is 339 g/mol. The molecule has 6 nitrogen and oxygen atoms in total. The molecule has 1 aliphatic carbocycles. The van der Waals surface area contributed by atoms with Gasteiger partial charge in [-0.2, -0.15) is 0 Å². The van der Waals surface area contributed by atoms with Crippen molar-refractivity contribution >= 4 is 5.97 Å². The number of rotatable bonds is 2. The lowest BCUT2D eigenvalue weighted by Gasteiger charge is -2.32. The minimum atomic E-state index is -1.19. The summed E-state index contributed by atoms with van der Waals surface area (Å²) in [6.45, 7) is 0.503. The number of aromatic carboxylic acids is 1. The van der Waals surface area contributed by atoms with Crippen molar-refractivity contribution in [2.75, 3.05) is 6.61 Å². The Morgan fingerprint density at radius 1 is 1.28 bits per heavy atom. The van der Waals surface area contributed by atoms with Crippen LogP contribution < -0.4 is 10.2 Å². The van der Waals surface area contributed by atoms with Crippen molar-refractivity contribution in [2.24, 2.45) is 5.92 Å². The molecule has 6 heteroatoms. The highest BCUT2D eigenvalue weighted by Crippen LogP contribution is 2.51. The molecule has 128 valence electrons. The van der Waals surface area contributed by atoms with Gasteiger partial charge in [0.15, 0.2) is 16.9 Å². The van der Waals surface area contributed by atoms with Crippen molar-refractivity contribution in [3.63, 3.8) is 0 Å². The van der Waals surface area contributed by atoms with Crippen LogP contribution in [0, 0.1) is 5.92 Å². The zero-order valence-electron chi connectivity index (χ0n) is 13.5. The summed E-state index contributed by atoms with van der Waals surface area (Å²) in [6, 6.07) is 3.31. The fraction of sp³-hybridized carbons (Fsp3) is 0.368. The molecule has 2 aliphatic heterocycles. The Morgan fingerprint density at radius 2 is 2.08 bits per heavy atom. The van der Waals surface area contributed by atoms with Gasteiger partial charge in [-0.25, -0.2) is 4.79 Å². The maximum atomic E-state index is 12.3. The van der Waals surface area contributed by atoms with Crippen molar-refractivity contribution in [3.05, 3.63) is 45.2 Å².